The van der Waals surface area contributed by atoms with Gasteiger partial charge in [0, 0.05) is 11.9 Å². The topological polar surface area (TPSA) is 77.0 Å². The molecule has 2 rings (SSSR count). The smallest absolute Gasteiger partial charge is 0.256 e. The fourth-order valence-corrected chi connectivity index (χ4v) is 2.15. The van der Waals surface area contributed by atoms with Gasteiger partial charge in [0.1, 0.15) is 11.6 Å². The SMILES string of the molecule is Cc1nc(SCc2ccnc(NN)c2)oc1C. The molecule has 0 atom stereocenters. The first-order valence-electron chi connectivity index (χ1n) is 5.17. The Balaban J connectivity index is 2.01. The lowest BCUT2D eigenvalue weighted by molar-refractivity contribution is 0.431. The van der Waals surface area contributed by atoms with Crippen molar-refractivity contribution in [3.8, 4) is 0 Å². The van der Waals surface area contributed by atoms with E-state index in [4.69, 9.17) is 10.3 Å². The van der Waals surface area contributed by atoms with E-state index in [0.29, 0.717) is 11.0 Å². The molecule has 2 aromatic heterocycles. The van der Waals surface area contributed by atoms with Gasteiger partial charge < -0.3 is 9.84 Å². The zero-order valence-electron chi connectivity index (χ0n) is 9.73. The van der Waals surface area contributed by atoms with Gasteiger partial charge in [-0.3, -0.25) is 0 Å². The zero-order chi connectivity index (χ0) is 12.3. The molecule has 0 aliphatic carbocycles. The quantitative estimate of drug-likeness (QED) is 0.492. The van der Waals surface area contributed by atoms with Crippen LogP contribution >= 0.6 is 11.8 Å². The van der Waals surface area contributed by atoms with Crippen LogP contribution in [0.2, 0.25) is 0 Å². The second-order valence-electron chi connectivity index (χ2n) is 3.60. The summed E-state index contributed by atoms with van der Waals surface area (Å²) in [6.07, 6.45) is 1.72. The van der Waals surface area contributed by atoms with Gasteiger partial charge in [0.15, 0.2) is 0 Å². The molecule has 0 radical (unpaired) electrons. The van der Waals surface area contributed by atoms with Crippen LogP contribution in [-0.4, -0.2) is 9.97 Å². The molecule has 0 saturated carbocycles. The molecule has 2 aromatic rings. The minimum Gasteiger partial charge on any atom is -0.437 e. The van der Waals surface area contributed by atoms with Crippen molar-refractivity contribution in [2.75, 3.05) is 5.43 Å². The Morgan fingerprint density at radius 1 is 1.47 bits per heavy atom. The molecule has 6 heteroatoms. The lowest BCUT2D eigenvalue weighted by Crippen LogP contribution is -2.08. The van der Waals surface area contributed by atoms with E-state index in [0.717, 1.165) is 22.8 Å². The molecule has 3 N–H and O–H groups in total. The van der Waals surface area contributed by atoms with Crippen LogP contribution in [0.25, 0.3) is 0 Å². The van der Waals surface area contributed by atoms with Crippen LogP contribution in [0, 0.1) is 13.8 Å². The first kappa shape index (κ1) is 11.9. The Labute approximate surface area is 104 Å². The van der Waals surface area contributed by atoms with E-state index in [-0.39, 0.29) is 0 Å². The van der Waals surface area contributed by atoms with Crippen LogP contribution in [0.1, 0.15) is 17.0 Å². The van der Waals surface area contributed by atoms with Crippen LogP contribution < -0.4 is 11.3 Å². The average molecular weight is 250 g/mol. The number of thioether (sulfide) groups is 1. The summed E-state index contributed by atoms with van der Waals surface area (Å²) in [7, 11) is 0. The molecule has 0 fully saturated rings. The number of nitrogens with zero attached hydrogens (tertiary/aromatic N) is 2. The van der Waals surface area contributed by atoms with Gasteiger partial charge in [0.25, 0.3) is 5.22 Å². The number of anilines is 1. The number of nitrogens with one attached hydrogen (secondary N) is 1. The van der Waals surface area contributed by atoms with E-state index in [9.17, 15) is 0 Å². The van der Waals surface area contributed by atoms with Gasteiger partial charge in [-0.1, -0.05) is 11.8 Å². The fraction of sp³-hybridized carbons (Fsp3) is 0.273. The van der Waals surface area contributed by atoms with Crippen molar-refractivity contribution in [2.24, 2.45) is 5.84 Å². The minimum atomic E-state index is 0.655. The molecule has 5 nitrogen and oxygen atoms in total. The molecule has 0 amide bonds. The fourth-order valence-electron chi connectivity index (χ4n) is 1.29. The molecule has 90 valence electrons. The Kier molecular flexibility index (Phi) is 3.65. The predicted octanol–water partition coefficient (Wildman–Crippen LogP) is 2.26. The summed E-state index contributed by atoms with van der Waals surface area (Å²) in [6.45, 7) is 3.85. The third-order valence-electron chi connectivity index (χ3n) is 2.34. The number of hydrazine groups is 1. The number of hydrogen-bond acceptors (Lipinski definition) is 6. The van der Waals surface area contributed by atoms with E-state index < -0.39 is 0 Å². The van der Waals surface area contributed by atoms with Gasteiger partial charge in [-0.05, 0) is 31.5 Å². The number of hydrogen-bond donors (Lipinski definition) is 2. The van der Waals surface area contributed by atoms with E-state index in [1.54, 1.807) is 18.0 Å². The average Bonchev–Trinajstić information content (AvgIpc) is 2.67. The Bertz CT molecular complexity index is 492. The summed E-state index contributed by atoms with van der Waals surface area (Å²) < 4.78 is 5.49. The van der Waals surface area contributed by atoms with E-state index in [1.807, 2.05) is 26.0 Å². The van der Waals surface area contributed by atoms with Crippen molar-refractivity contribution >= 4 is 17.6 Å². The van der Waals surface area contributed by atoms with Crippen molar-refractivity contribution in [1.29, 1.82) is 0 Å². The molecular formula is C11H14N4OS. The second-order valence-corrected chi connectivity index (χ2v) is 4.53. The van der Waals surface area contributed by atoms with Crippen molar-refractivity contribution in [3.63, 3.8) is 0 Å². The molecule has 0 aliphatic rings. The van der Waals surface area contributed by atoms with Crippen LogP contribution in [0.4, 0.5) is 5.82 Å². The molecule has 0 aliphatic heterocycles. The van der Waals surface area contributed by atoms with Gasteiger partial charge in [0.2, 0.25) is 0 Å². The summed E-state index contributed by atoms with van der Waals surface area (Å²) in [6, 6.07) is 3.84. The Morgan fingerprint density at radius 3 is 2.94 bits per heavy atom. The number of rotatable bonds is 4. The van der Waals surface area contributed by atoms with Crippen LogP contribution in [0.15, 0.2) is 28.0 Å². The highest BCUT2D eigenvalue weighted by Gasteiger charge is 2.06. The maximum absolute atomic E-state index is 5.49. The number of nitrogens with two attached hydrogens (primary N) is 1. The highest BCUT2D eigenvalue weighted by molar-refractivity contribution is 7.98. The number of oxazole rings is 1. The zero-order valence-corrected chi connectivity index (χ0v) is 10.5. The maximum Gasteiger partial charge on any atom is 0.256 e. The Morgan fingerprint density at radius 2 is 2.29 bits per heavy atom. The third-order valence-corrected chi connectivity index (χ3v) is 3.24. The number of nitrogen functional groups attached to an aromatic ring is 1. The van der Waals surface area contributed by atoms with Crippen LogP contribution in [0.5, 0.6) is 0 Å². The highest BCUT2D eigenvalue weighted by Crippen LogP contribution is 2.24. The van der Waals surface area contributed by atoms with Crippen molar-refractivity contribution in [1.82, 2.24) is 9.97 Å². The molecule has 17 heavy (non-hydrogen) atoms. The maximum atomic E-state index is 5.49. The third kappa shape index (κ3) is 2.98. The number of aryl methyl sites for hydroxylation is 2. The van der Waals surface area contributed by atoms with Gasteiger partial charge in [-0.25, -0.2) is 15.8 Å². The molecule has 2 heterocycles. The molecule has 0 spiro atoms. The second kappa shape index (κ2) is 5.20. The number of pyridine rings is 1. The minimum absolute atomic E-state index is 0.655. The van der Waals surface area contributed by atoms with E-state index >= 15 is 0 Å². The Hall–Kier alpha value is -1.53. The molecule has 0 unspecified atom stereocenters. The normalized spacial score (nSPS) is 10.5. The monoisotopic (exact) mass is 250 g/mol. The first-order chi connectivity index (χ1) is 8.19. The van der Waals surface area contributed by atoms with E-state index in [2.05, 4.69) is 15.4 Å². The molecular weight excluding hydrogens is 236 g/mol. The largest absolute Gasteiger partial charge is 0.437 e. The summed E-state index contributed by atoms with van der Waals surface area (Å²) in [5.74, 6) is 7.60. The highest BCUT2D eigenvalue weighted by atomic mass is 32.2. The summed E-state index contributed by atoms with van der Waals surface area (Å²) in [4.78, 5) is 8.35. The molecule has 0 bridgehead atoms. The summed E-state index contributed by atoms with van der Waals surface area (Å²) >= 11 is 1.55. The van der Waals surface area contributed by atoms with Crippen LogP contribution in [-0.2, 0) is 5.75 Å². The van der Waals surface area contributed by atoms with Crippen molar-refractivity contribution in [2.45, 2.75) is 24.8 Å². The summed E-state index contributed by atoms with van der Waals surface area (Å²) in [5.41, 5.74) is 4.57. The predicted molar refractivity (Wildman–Crippen MR) is 67.6 cm³/mol. The standard InChI is InChI=1S/C11H14N4OS/c1-7-8(2)16-11(14-7)17-6-9-3-4-13-10(5-9)15-12/h3-5H,6,12H2,1-2H3,(H,13,15). The van der Waals surface area contributed by atoms with Gasteiger partial charge in [0.05, 0.1) is 5.69 Å². The first-order valence-corrected chi connectivity index (χ1v) is 6.16. The summed E-state index contributed by atoms with van der Waals surface area (Å²) in [5, 5.41) is 0.694. The van der Waals surface area contributed by atoms with Crippen LogP contribution in [0.3, 0.4) is 0 Å². The lowest BCUT2D eigenvalue weighted by Gasteiger charge is -2.01. The van der Waals surface area contributed by atoms with Crippen molar-refractivity contribution < 1.29 is 4.42 Å². The lowest BCUT2D eigenvalue weighted by atomic mass is 10.3. The van der Waals surface area contributed by atoms with Gasteiger partial charge >= 0.3 is 0 Å². The molecule has 0 aromatic carbocycles. The van der Waals surface area contributed by atoms with E-state index in [1.165, 1.54) is 0 Å². The van der Waals surface area contributed by atoms with Gasteiger partial charge in [-0.2, -0.15) is 0 Å². The van der Waals surface area contributed by atoms with Crippen molar-refractivity contribution in [3.05, 3.63) is 35.3 Å². The molecule has 0 saturated heterocycles. The number of aromatic nitrogens is 2. The van der Waals surface area contributed by atoms with Gasteiger partial charge in [-0.15, -0.1) is 0 Å².